The van der Waals surface area contributed by atoms with Crippen molar-refractivity contribution < 1.29 is 27.9 Å². The lowest BCUT2D eigenvalue weighted by Crippen LogP contribution is -2.21. The Bertz CT molecular complexity index is 500. The zero-order chi connectivity index (χ0) is 16.8. The Morgan fingerprint density at radius 3 is 2.36 bits per heavy atom. The molecule has 0 radical (unpaired) electrons. The molecule has 7 heteroatoms. The van der Waals surface area contributed by atoms with Crippen molar-refractivity contribution in [2.45, 2.75) is 25.4 Å². The third-order valence-electron chi connectivity index (χ3n) is 3.36. The number of halogens is 3. The Labute approximate surface area is 126 Å². The van der Waals surface area contributed by atoms with Crippen LogP contribution in [0.4, 0.5) is 13.2 Å². The van der Waals surface area contributed by atoms with Gasteiger partial charge in [0.1, 0.15) is 0 Å². The fraction of sp³-hybridized carbons (Fsp3) is 0.467. The lowest BCUT2D eigenvalue weighted by atomic mass is 9.94. The van der Waals surface area contributed by atoms with Gasteiger partial charge in [0, 0.05) is 13.6 Å². The first-order valence-electron chi connectivity index (χ1n) is 6.78. The Kier molecular flexibility index (Phi) is 6.39. The molecule has 0 saturated carbocycles. The van der Waals surface area contributed by atoms with Crippen LogP contribution in [0.25, 0.3) is 0 Å². The SMILES string of the molecule is CN(C=O)CCCC(Cc1ccc(C(F)(F)F)cc1)C(=O)O. The summed E-state index contributed by atoms with van der Waals surface area (Å²) in [7, 11) is 1.60. The van der Waals surface area contributed by atoms with Gasteiger partial charge in [-0.2, -0.15) is 13.2 Å². The maximum Gasteiger partial charge on any atom is 0.416 e. The van der Waals surface area contributed by atoms with Crippen LogP contribution in [-0.4, -0.2) is 36.0 Å². The van der Waals surface area contributed by atoms with Crippen molar-refractivity contribution in [3.05, 3.63) is 35.4 Å². The van der Waals surface area contributed by atoms with Crippen LogP contribution in [0, 0.1) is 5.92 Å². The molecule has 0 spiro atoms. The first kappa shape index (κ1) is 18.0. The second-order valence-corrected chi connectivity index (χ2v) is 5.16. The molecule has 22 heavy (non-hydrogen) atoms. The van der Waals surface area contributed by atoms with Crippen LogP contribution >= 0.6 is 0 Å². The van der Waals surface area contributed by atoms with E-state index in [0.29, 0.717) is 31.4 Å². The molecule has 122 valence electrons. The number of carboxylic acids is 1. The van der Waals surface area contributed by atoms with E-state index in [0.717, 1.165) is 12.1 Å². The molecule has 1 rings (SSSR count). The van der Waals surface area contributed by atoms with Gasteiger partial charge in [-0.05, 0) is 37.0 Å². The minimum atomic E-state index is -4.40. The number of carbonyl (C=O) groups excluding carboxylic acids is 1. The highest BCUT2D eigenvalue weighted by Crippen LogP contribution is 2.29. The van der Waals surface area contributed by atoms with E-state index in [2.05, 4.69) is 0 Å². The van der Waals surface area contributed by atoms with E-state index < -0.39 is 23.6 Å². The second kappa shape index (κ2) is 7.82. The lowest BCUT2D eigenvalue weighted by Gasteiger charge is -2.15. The molecule has 1 amide bonds. The maximum atomic E-state index is 12.5. The highest BCUT2D eigenvalue weighted by atomic mass is 19.4. The molecular formula is C15H18F3NO3. The summed E-state index contributed by atoms with van der Waals surface area (Å²) in [6.07, 6.45) is -2.70. The number of nitrogens with zero attached hydrogens (tertiary/aromatic N) is 1. The van der Waals surface area contributed by atoms with Gasteiger partial charge in [0.2, 0.25) is 6.41 Å². The van der Waals surface area contributed by atoms with Crippen molar-refractivity contribution in [3.63, 3.8) is 0 Å². The molecule has 0 aliphatic rings. The highest BCUT2D eigenvalue weighted by molar-refractivity contribution is 5.70. The molecule has 0 aliphatic heterocycles. The van der Waals surface area contributed by atoms with E-state index in [-0.39, 0.29) is 6.42 Å². The quantitative estimate of drug-likeness (QED) is 0.750. The van der Waals surface area contributed by atoms with Gasteiger partial charge in [-0.1, -0.05) is 12.1 Å². The molecule has 0 fully saturated rings. The number of hydrogen-bond donors (Lipinski definition) is 1. The van der Waals surface area contributed by atoms with Gasteiger partial charge in [0.25, 0.3) is 0 Å². The van der Waals surface area contributed by atoms with Gasteiger partial charge in [-0.3, -0.25) is 9.59 Å². The minimum absolute atomic E-state index is 0.165. The number of hydrogen-bond acceptors (Lipinski definition) is 2. The summed E-state index contributed by atoms with van der Waals surface area (Å²) in [6, 6.07) is 4.51. The van der Waals surface area contributed by atoms with Crippen LogP contribution in [0.2, 0.25) is 0 Å². The molecule has 0 aromatic heterocycles. The Balaban J connectivity index is 2.63. The summed E-state index contributed by atoms with van der Waals surface area (Å²) >= 11 is 0. The van der Waals surface area contributed by atoms with Gasteiger partial charge in [-0.15, -0.1) is 0 Å². The van der Waals surface area contributed by atoms with E-state index >= 15 is 0 Å². The van der Waals surface area contributed by atoms with Crippen LogP contribution < -0.4 is 0 Å². The summed E-state index contributed by atoms with van der Waals surface area (Å²) < 4.78 is 37.4. The van der Waals surface area contributed by atoms with E-state index in [9.17, 15) is 27.9 Å². The topological polar surface area (TPSA) is 57.6 Å². The zero-order valence-corrected chi connectivity index (χ0v) is 12.1. The van der Waals surface area contributed by atoms with Crippen molar-refractivity contribution >= 4 is 12.4 Å². The lowest BCUT2D eigenvalue weighted by molar-refractivity contribution is -0.142. The number of carboxylic acid groups (broad SMARTS) is 1. The molecule has 0 heterocycles. The molecular weight excluding hydrogens is 299 g/mol. The molecule has 0 bridgehead atoms. The average Bonchev–Trinajstić information content (AvgIpc) is 2.45. The fourth-order valence-corrected chi connectivity index (χ4v) is 2.07. The van der Waals surface area contributed by atoms with Crippen LogP contribution in [0.15, 0.2) is 24.3 Å². The molecule has 4 nitrogen and oxygen atoms in total. The number of rotatable bonds is 8. The first-order valence-corrected chi connectivity index (χ1v) is 6.78. The molecule has 1 unspecified atom stereocenters. The third kappa shape index (κ3) is 5.75. The summed E-state index contributed by atoms with van der Waals surface area (Å²) in [5.74, 6) is -1.68. The number of aliphatic carboxylic acids is 1. The monoisotopic (exact) mass is 317 g/mol. The summed E-state index contributed by atoms with van der Waals surface area (Å²) in [4.78, 5) is 23.1. The summed E-state index contributed by atoms with van der Waals surface area (Å²) in [6.45, 7) is 0.445. The van der Waals surface area contributed by atoms with Crippen molar-refractivity contribution in [1.82, 2.24) is 4.90 Å². The van der Waals surface area contributed by atoms with E-state index in [1.165, 1.54) is 17.0 Å². The van der Waals surface area contributed by atoms with Crippen LogP contribution in [0.1, 0.15) is 24.0 Å². The Morgan fingerprint density at radius 2 is 1.91 bits per heavy atom. The molecule has 0 saturated heterocycles. The van der Waals surface area contributed by atoms with Crippen LogP contribution in [0.3, 0.4) is 0 Å². The van der Waals surface area contributed by atoms with Crippen molar-refractivity contribution in [3.8, 4) is 0 Å². The maximum absolute atomic E-state index is 12.5. The number of benzene rings is 1. The fourth-order valence-electron chi connectivity index (χ4n) is 2.07. The number of amides is 1. The summed E-state index contributed by atoms with van der Waals surface area (Å²) in [5, 5.41) is 9.18. The van der Waals surface area contributed by atoms with Gasteiger partial charge < -0.3 is 10.0 Å². The normalized spacial score (nSPS) is 12.7. The van der Waals surface area contributed by atoms with E-state index in [1.807, 2.05) is 0 Å². The number of alkyl halides is 3. The average molecular weight is 317 g/mol. The smallest absolute Gasteiger partial charge is 0.416 e. The molecule has 1 aromatic rings. The van der Waals surface area contributed by atoms with Crippen LogP contribution in [0.5, 0.6) is 0 Å². The van der Waals surface area contributed by atoms with Crippen LogP contribution in [-0.2, 0) is 22.2 Å². The Hall–Kier alpha value is -2.05. The molecule has 1 N–H and O–H groups in total. The largest absolute Gasteiger partial charge is 0.481 e. The van der Waals surface area contributed by atoms with Crippen molar-refractivity contribution in [2.24, 2.45) is 5.92 Å². The van der Waals surface area contributed by atoms with Gasteiger partial charge >= 0.3 is 12.1 Å². The molecule has 1 aromatic carbocycles. The predicted octanol–water partition coefficient (Wildman–Crippen LogP) is 2.82. The molecule has 1 atom stereocenters. The van der Waals surface area contributed by atoms with Crippen molar-refractivity contribution in [1.29, 1.82) is 0 Å². The minimum Gasteiger partial charge on any atom is -0.481 e. The molecule has 0 aliphatic carbocycles. The van der Waals surface area contributed by atoms with E-state index in [4.69, 9.17) is 0 Å². The Morgan fingerprint density at radius 1 is 1.32 bits per heavy atom. The third-order valence-corrected chi connectivity index (χ3v) is 3.36. The van der Waals surface area contributed by atoms with Gasteiger partial charge in [0.15, 0.2) is 0 Å². The predicted molar refractivity (Wildman–Crippen MR) is 74.2 cm³/mol. The first-order chi connectivity index (χ1) is 10.2. The zero-order valence-electron chi connectivity index (χ0n) is 12.1. The van der Waals surface area contributed by atoms with Gasteiger partial charge in [0.05, 0.1) is 11.5 Å². The summed E-state index contributed by atoms with van der Waals surface area (Å²) in [5.41, 5.74) is -0.208. The standard InChI is InChI=1S/C15H18F3NO3/c1-19(10-20)8-2-3-12(14(21)22)9-11-4-6-13(7-5-11)15(16,17)18/h4-7,10,12H,2-3,8-9H2,1H3,(H,21,22). The number of carbonyl (C=O) groups is 2. The van der Waals surface area contributed by atoms with Crippen molar-refractivity contribution in [2.75, 3.05) is 13.6 Å². The van der Waals surface area contributed by atoms with E-state index in [1.54, 1.807) is 7.05 Å². The highest BCUT2D eigenvalue weighted by Gasteiger charge is 2.30. The van der Waals surface area contributed by atoms with Gasteiger partial charge in [-0.25, -0.2) is 0 Å². The second-order valence-electron chi connectivity index (χ2n) is 5.16.